The Morgan fingerprint density at radius 2 is 1.54 bits per heavy atom. The Hall–Kier alpha value is -2.05. The van der Waals surface area contributed by atoms with Gasteiger partial charge in [-0.15, -0.1) is 0 Å². The van der Waals surface area contributed by atoms with Crippen molar-refractivity contribution >= 4 is 17.9 Å². The van der Waals surface area contributed by atoms with Crippen molar-refractivity contribution < 1.29 is 19.1 Å². The molecule has 0 atom stereocenters. The van der Waals surface area contributed by atoms with Gasteiger partial charge in [-0.05, 0) is 26.2 Å². The summed E-state index contributed by atoms with van der Waals surface area (Å²) in [6.45, 7) is 12.5. The van der Waals surface area contributed by atoms with E-state index in [2.05, 4.69) is 22.5 Å². The largest absolute Gasteiger partial charge is 0.462 e. The first kappa shape index (κ1) is 21.9. The van der Waals surface area contributed by atoms with Gasteiger partial charge in [0.1, 0.15) is 0 Å². The highest BCUT2D eigenvalue weighted by atomic mass is 16.5. The average molecular weight is 341 g/mol. The van der Waals surface area contributed by atoms with E-state index in [1.165, 1.54) is 0 Å². The standard InChI is InChI=1S/C17H31N3O4/c1-6-17(4,5)15(22)18-9-7-10-19-16(23)20-11-8-12-24-14(21)13(2)3/h2,6-12H2,1,3-5H3,(H,18,22)(H2,19,20,23). The molecule has 3 amide bonds. The number of hydrogen-bond donors (Lipinski definition) is 3. The van der Waals surface area contributed by atoms with Crippen LogP contribution in [0, 0.1) is 5.41 Å². The molecule has 0 bridgehead atoms. The fraction of sp³-hybridized carbons (Fsp3) is 0.706. The van der Waals surface area contributed by atoms with Crippen molar-refractivity contribution in [3.63, 3.8) is 0 Å². The lowest BCUT2D eigenvalue weighted by atomic mass is 9.89. The molecule has 0 radical (unpaired) electrons. The summed E-state index contributed by atoms with van der Waals surface area (Å²) in [5.41, 5.74) is -0.00611. The molecule has 0 aliphatic rings. The van der Waals surface area contributed by atoms with Crippen LogP contribution in [0.25, 0.3) is 0 Å². The molecule has 0 aliphatic heterocycles. The van der Waals surface area contributed by atoms with E-state index < -0.39 is 5.97 Å². The maximum atomic E-state index is 11.8. The summed E-state index contributed by atoms with van der Waals surface area (Å²) < 4.78 is 4.91. The number of carbonyl (C=O) groups excluding carboxylic acids is 3. The summed E-state index contributed by atoms with van der Waals surface area (Å²) in [6, 6.07) is -0.276. The minimum atomic E-state index is -0.423. The maximum absolute atomic E-state index is 11.8. The van der Waals surface area contributed by atoms with E-state index in [0.717, 1.165) is 6.42 Å². The van der Waals surface area contributed by atoms with Crippen molar-refractivity contribution in [3.05, 3.63) is 12.2 Å². The molecular formula is C17H31N3O4. The van der Waals surface area contributed by atoms with Crippen LogP contribution in [0.1, 0.15) is 47.0 Å². The molecule has 0 aromatic rings. The molecule has 3 N–H and O–H groups in total. The molecule has 0 spiro atoms. The minimum absolute atomic E-state index is 0.0266. The number of esters is 1. The third-order valence-corrected chi connectivity index (χ3v) is 3.61. The van der Waals surface area contributed by atoms with Crippen LogP contribution < -0.4 is 16.0 Å². The first-order chi connectivity index (χ1) is 11.2. The van der Waals surface area contributed by atoms with Crippen molar-refractivity contribution in [3.8, 4) is 0 Å². The van der Waals surface area contributed by atoms with Crippen LogP contribution in [0.15, 0.2) is 12.2 Å². The number of carbonyl (C=O) groups is 3. The molecule has 0 aliphatic carbocycles. The van der Waals surface area contributed by atoms with Gasteiger partial charge in [-0.2, -0.15) is 0 Å². The number of rotatable bonds is 11. The van der Waals surface area contributed by atoms with Crippen LogP contribution in [0.3, 0.4) is 0 Å². The zero-order chi connectivity index (χ0) is 18.6. The second kappa shape index (κ2) is 11.5. The number of nitrogens with one attached hydrogen (secondary N) is 3. The van der Waals surface area contributed by atoms with Gasteiger partial charge >= 0.3 is 12.0 Å². The van der Waals surface area contributed by atoms with Gasteiger partial charge in [0.2, 0.25) is 5.91 Å². The molecule has 138 valence electrons. The quantitative estimate of drug-likeness (QED) is 0.303. The molecule has 0 rings (SSSR count). The Bertz CT molecular complexity index is 447. The van der Waals surface area contributed by atoms with Crippen molar-refractivity contribution in [1.29, 1.82) is 0 Å². The van der Waals surface area contributed by atoms with E-state index in [1.807, 2.05) is 20.8 Å². The lowest BCUT2D eigenvalue weighted by Gasteiger charge is -2.21. The van der Waals surface area contributed by atoms with E-state index in [-0.39, 0.29) is 24.0 Å². The summed E-state index contributed by atoms with van der Waals surface area (Å²) in [5, 5.41) is 8.23. The summed E-state index contributed by atoms with van der Waals surface area (Å²) in [7, 11) is 0. The van der Waals surface area contributed by atoms with E-state index in [1.54, 1.807) is 6.92 Å². The highest BCUT2D eigenvalue weighted by Crippen LogP contribution is 2.19. The molecule has 0 saturated carbocycles. The van der Waals surface area contributed by atoms with Crippen LogP contribution >= 0.6 is 0 Å². The Labute approximate surface area is 144 Å². The van der Waals surface area contributed by atoms with Crippen molar-refractivity contribution in [2.24, 2.45) is 5.41 Å². The Kier molecular flexibility index (Phi) is 10.5. The highest BCUT2D eigenvalue weighted by molar-refractivity contribution is 5.86. The molecule has 7 nitrogen and oxygen atoms in total. The summed E-state index contributed by atoms with van der Waals surface area (Å²) in [4.78, 5) is 34.5. The molecular weight excluding hydrogens is 310 g/mol. The Morgan fingerprint density at radius 1 is 1.00 bits per heavy atom. The molecule has 0 aromatic carbocycles. The van der Waals surface area contributed by atoms with Gasteiger partial charge in [-0.1, -0.05) is 27.4 Å². The lowest BCUT2D eigenvalue weighted by molar-refractivity contribution is -0.139. The van der Waals surface area contributed by atoms with E-state index in [0.29, 0.717) is 38.0 Å². The van der Waals surface area contributed by atoms with Crippen molar-refractivity contribution in [1.82, 2.24) is 16.0 Å². The number of ether oxygens (including phenoxy) is 1. The SMILES string of the molecule is C=C(C)C(=O)OCCCNC(=O)NCCCNC(=O)C(C)(C)CC. The Morgan fingerprint density at radius 3 is 2.08 bits per heavy atom. The van der Waals surface area contributed by atoms with Crippen molar-refractivity contribution in [2.75, 3.05) is 26.2 Å². The third-order valence-electron chi connectivity index (χ3n) is 3.61. The van der Waals surface area contributed by atoms with Crippen LogP contribution in [0.4, 0.5) is 4.79 Å². The van der Waals surface area contributed by atoms with Gasteiger partial charge in [-0.25, -0.2) is 9.59 Å². The second-order valence-corrected chi connectivity index (χ2v) is 6.30. The summed E-state index contributed by atoms with van der Waals surface area (Å²) in [5.74, 6) is -0.397. The maximum Gasteiger partial charge on any atom is 0.333 e. The summed E-state index contributed by atoms with van der Waals surface area (Å²) in [6.07, 6.45) is 1.98. The smallest absolute Gasteiger partial charge is 0.333 e. The van der Waals surface area contributed by atoms with Gasteiger partial charge in [0.25, 0.3) is 0 Å². The summed E-state index contributed by atoms with van der Waals surface area (Å²) >= 11 is 0. The third kappa shape index (κ3) is 9.86. The predicted molar refractivity (Wildman–Crippen MR) is 93.5 cm³/mol. The molecule has 24 heavy (non-hydrogen) atoms. The predicted octanol–water partition coefficient (Wildman–Crippen LogP) is 1.74. The van der Waals surface area contributed by atoms with Crippen LogP contribution in [-0.2, 0) is 14.3 Å². The minimum Gasteiger partial charge on any atom is -0.462 e. The van der Waals surface area contributed by atoms with Crippen LogP contribution in [0.5, 0.6) is 0 Å². The fourth-order valence-electron chi connectivity index (χ4n) is 1.52. The number of hydrogen-bond acceptors (Lipinski definition) is 4. The molecule has 0 unspecified atom stereocenters. The van der Waals surface area contributed by atoms with Gasteiger partial charge in [-0.3, -0.25) is 4.79 Å². The Balaban J connectivity index is 3.59. The van der Waals surface area contributed by atoms with E-state index in [9.17, 15) is 14.4 Å². The van der Waals surface area contributed by atoms with Gasteiger partial charge in [0.05, 0.1) is 6.61 Å². The fourth-order valence-corrected chi connectivity index (χ4v) is 1.52. The lowest BCUT2D eigenvalue weighted by Crippen LogP contribution is -2.40. The van der Waals surface area contributed by atoms with Crippen molar-refractivity contribution in [2.45, 2.75) is 47.0 Å². The van der Waals surface area contributed by atoms with E-state index in [4.69, 9.17) is 4.74 Å². The monoisotopic (exact) mass is 341 g/mol. The van der Waals surface area contributed by atoms with E-state index >= 15 is 0 Å². The zero-order valence-corrected chi connectivity index (χ0v) is 15.3. The number of amides is 3. The first-order valence-electron chi connectivity index (χ1n) is 8.33. The second-order valence-electron chi connectivity index (χ2n) is 6.30. The van der Waals surface area contributed by atoms with Gasteiger partial charge in [0.15, 0.2) is 0 Å². The molecule has 0 saturated heterocycles. The molecule has 0 heterocycles. The van der Waals surface area contributed by atoms with Crippen LogP contribution in [0.2, 0.25) is 0 Å². The highest BCUT2D eigenvalue weighted by Gasteiger charge is 2.24. The molecule has 7 heteroatoms. The molecule has 0 aromatic heterocycles. The average Bonchev–Trinajstić information content (AvgIpc) is 2.53. The molecule has 0 fully saturated rings. The van der Waals surface area contributed by atoms with Gasteiger partial charge in [0, 0.05) is 30.6 Å². The zero-order valence-electron chi connectivity index (χ0n) is 15.3. The van der Waals surface area contributed by atoms with Crippen LogP contribution in [-0.4, -0.2) is 44.1 Å². The number of urea groups is 1. The first-order valence-corrected chi connectivity index (χ1v) is 8.33. The normalized spacial score (nSPS) is 10.7. The van der Waals surface area contributed by atoms with Gasteiger partial charge < -0.3 is 20.7 Å². The topological polar surface area (TPSA) is 96.5 Å².